The average molecular weight is 324 g/mol. The van der Waals surface area contributed by atoms with Crippen molar-refractivity contribution in [2.24, 2.45) is 23.7 Å². The molecule has 3 nitrogen and oxygen atoms in total. The lowest BCUT2D eigenvalue weighted by Crippen LogP contribution is -2.44. The summed E-state index contributed by atoms with van der Waals surface area (Å²) >= 11 is 0. The van der Waals surface area contributed by atoms with Crippen LogP contribution in [0.2, 0.25) is 0 Å². The van der Waals surface area contributed by atoms with Gasteiger partial charge in [0.05, 0.1) is 5.25 Å². The largest absolute Gasteiger partial charge is 0.301 e. The Hall–Kier alpha value is -0.230. The minimum Gasteiger partial charge on any atom is -0.247 e. The maximum Gasteiger partial charge on any atom is 0.301 e. The van der Waals surface area contributed by atoms with Crippen LogP contribution in [0.4, 0.5) is 8.92 Å². The Balaban J connectivity index is 2.14. The van der Waals surface area contributed by atoms with E-state index in [-0.39, 0.29) is 17.8 Å². The van der Waals surface area contributed by atoms with Crippen LogP contribution in [0.1, 0.15) is 58.8 Å². The molecule has 0 bridgehead atoms. The second-order valence-electron chi connectivity index (χ2n) is 7.04. The van der Waals surface area contributed by atoms with Gasteiger partial charge in [-0.15, -0.1) is 0 Å². The minimum atomic E-state index is -4.23. The molecule has 0 aliphatic heterocycles. The first kappa shape index (κ1) is 17.1. The normalized spacial score (nSPS) is 37.3. The zero-order valence-electron chi connectivity index (χ0n) is 12.8. The number of alkyl halides is 1. The van der Waals surface area contributed by atoms with E-state index in [0.29, 0.717) is 12.8 Å². The number of hydrogen-bond acceptors (Lipinski definition) is 3. The molecule has 2 saturated carbocycles. The molecule has 0 N–H and O–H groups in total. The number of hydrogen-bond donors (Lipinski definition) is 0. The zero-order chi connectivity index (χ0) is 15.6. The first-order valence-corrected chi connectivity index (χ1v) is 9.52. The highest BCUT2D eigenvalue weighted by Gasteiger charge is 2.46. The van der Waals surface area contributed by atoms with E-state index in [0.717, 1.165) is 32.1 Å². The number of halogens is 2. The van der Waals surface area contributed by atoms with Gasteiger partial charge in [0.1, 0.15) is 6.17 Å². The third kappa shape index (κ3) is 3.76. The summed E-state index contributed by atoms with van der Waals surface area (Å²) in [6, 6.07) is 0. The minimum absolute atomic E-state index is 0.0335. The molecule has 21 heavy (non-hydrogen) atoms. The molecular formula is C15H26F2O3S. The molecular weight excluding hydrogens is 298 g/mol. The summed E-state index contributed by atoms with van der Waals surface area (Å²) in [4.78, 5) is 0. The van der Waals surface area contributed by atoms with E-state index in [9.17, 15) is 17.3 Å². The molecule has 0 saturated heterocycles. The van der Waals surface area contributed by atoms with E-state index in [2.05, 4.69) is 4.39 Å². The van der Waals surface area contributed by atoms with E-state index >= 15 is 0 Å². The van der Waals surface area contributed by atoms with Crippen LogP contribution in [-0.2, 0) is 14.5 Å². The smallest absolute Gasteiger partial charge is 0.247 e. The SMILES string of the molecule is CC1CC(C(F)C2CCCCC2)C(C)C(S(=O)(=O)OF)C1. The summed E-state index contributed by atoms with van der Waals surface area (Å²) in [5.41, 5.74) is 0. The highest BCUT2D eigenvalue weighted by molar-refractivity contribution is 7.87. The third-order valence-corrected chi connectivity index (χ3v) is 7.08. The standard InChI is InChI=1S/C15H26F2O3S/c1-10-8-13(15(16)12-6-4-3-5-7-12)11(2)14(9-10)21(18,19)20-17/h10-15H,3-9H2,1-2H3. The monoisotopic (exact) mass is 324 g/mol. The van der Waals surface area contributed by atoms with Gasteiger partial charge in [0.2, 0.25) is 0 Å². The Kier molecular flexibility index (Phi) is 5.63. The number of rotatable bonds is 4. The first-order valence-electron chi connectivity index (χ1n) is 8.05. The molecule has 0 heterocycles. The molecule has 124 valence electrons. The van der Waals surface area contributed by atoms with Gasteiger partial charge in [0.25, 0.3) is 0 Å². The van der Waals surface area contributed by atoms with Crippen molar-refractivity contribution in [1.82, 2.24) is 0 Å². The molecule has 0 aromatic heterocycles. The van der Waals surface area contributed by atoms with Gasteiger partial charge >= 0.3 is 10.1 Å². The molecule has 2 aliphatic carbocycles. The summed E-state index contributed by atoms with van der Waals surface area (Å²) in [5, 5.41) is -0.932. The van der Waals surface area contributed by atoms with Gasteiger partial charge in [-0.3, -0.25) is 0 Å². The van der Waals surface area contributed by atoms with Crippen LogP contribution in [0.3, 0.4) is 0 Å². The highest BCUT2D eigenvalue weighted by Crippen LogP contribution is 2.44. The first-order chi connectivity index (χ1) is 9.86. The molecule has 2 fully saturated rings. The molecule has 2 aliphatic rings. The quantitative estimate of drug-likeness (QED) is 0.779. The van der Waals surface area contributed by atoms with Gasteiger partial charge in [0.15, 0.2) is 0 Å². The lowest BCUT2D eigenvalue weighted by atomic mass is 9.69. The lowest BCUT2D eigenvalue weighted by molar-refractivity contribution is -0.00679. The van der Waals surface area contributed by atoms with Crippen molar-refractivity contribution in [2.75, 3.05) is 0 Å². The predicted octanol–water partition coefficient (Wildman–Crippen LogP) is 4.19. The lowest BCUT2D eigenvalue weighted by Gasteiger charge is -2.41. The zero-order valence-corrected chi connectivity index (χ0v) is 13.6. The van der Waals surface area contributed by atoms with Crippen LogP contribution in [0.5, 0.6) is 0 Å². The summed E-state index contributed by atoms with van der Waals surface area (Å²) in [7, 11) is -4.23. The van der Waals surface area contributed by atoms with Crippen molar-refractivity contribution < 1.29 is 21.7 Å². The summed E-state index contributed by atoms with van der Waals surface area (Å²) in [6.45, 7) is 3.64. The van der Waals surface area contributed by atoms with Crippen molar-refractivity contribution in [3.05, 3.63) is 0 Å². The highest BCUT2D eigenvalue weighted by atomic mass is 32.2. The Morgan fingerprint density at radius 3 is 2.29 bits per heavy atom. The van der Waals surface area contributed by atoms with Gasteiger partial charge < -0.3 is 0 Å². The molecule has 2 rings (SSSR count). The Labute approximate surface area is 126 Å². The second-order valence-corrected chi connectivity index (χ2v) is 8.75. The fourth-order valence-electron chi connectivity index (χ4n) is 4.31. The molecule has 6 heteroatoms. The maximum absolute atomic E-state index is 14.9. The van der Waals surface area contributed by atoms with Gasteiger partial charge in [-0.05, 0) is 53.9 Å². The van der Waals surface area contributed by atoms with Crippen molar-refractivity contribution in [2.45, 2.75) is 70.2 Å². The van der Waals surface area contributed by atoms with Crippen LogP contribution in [0.15, 0.2) is 0 Å². The van der Waals surface area contributed by atoms with Crippen LogP contribution in [0, 0.1) is 23.7 Å². The van der Waals surface area contributed by atoms with Crippen LogP contribution < -0.4 is 0 Å². The van der Waals surface area contributed by atoms with Gasteiger partial charge in [-0.25, -0.2) is 4.39 Å². The predicted molar refractivity (Wildman–Crippen MR) is 77.4 cm³/mol. The van der Waals surface area contributed by atoms with E-state index in [1.165, 1.54) is 0 Å². The van der Waals surface area contributed by atoms with Crippen LogP contribution in [-0.4, -0.2) is 19.8 Å². The van der Waals surface area contributed by atoms with Gasteiger partial charge in [-0.2, -0.15) is 8.42 Å². The maximum atomic E-state index is 14.9. The van der Waals surface area contributed by atoms with Crippen molar-refractivity contribution in [1.29, 1.82) is 0 Å². The summed E-state index contributed by atoms with van der Waals surface area (Å²) in [5.74, 6) is -0.611. The van der Waals surface area contributed by atoms with E-state index in [1.54, 1.807) is 6.92 Å². The van der Waals surface area contributed by atoms with Crippen LogP contribution in [0.25, 0.3) is 0 Å². The van der Waals surface area contributed by atoms with Crippen molar-refractivity contribution in [3.63, 3.8) is 0 Å². The molecule has 0 aromatic carbocycles. The van der Waals surface area contributed by atoms with Gasteiger partial charge in [0, 0.05) is 0 Å². The fraction of sp³-hybridized carbons (Fsp3) is 1.00. The molecule has 0 amide bonds. The van der Waals surface area contributed by atoms with Crippen LogP contribution >= 0.6 is 0 Å². The van der Waals surface area contributed by atoms with Crippen molar-refractivity contribution in [3.8, 4) is 0 Å². The summed E-state index contributed by atoms with van der Waals surface area (Å²) in [6.07, 6.45) is 5.07. The Bertz CT molecular complexity index is 434. The van der Waals surface area contributed by atoms with E-state index < -0.39 is 27.5 Å². The fourth-order valence-corrected chi connectivity index (χ4v) is 5.70. The van der Waals surface area contributed by atoms with Crippen molar-refractivity contribution >= 4 is 10.1 Å². The molecule has 0 spiro atoms. The average Bonchev–Trinajstić information content (AvgIpc) is 2.49. The second kappa shape index (κ2) is 6.90. The van der Waals surface area contributed by atoms with E-state index in [1.807, 2.05) is 6.92 Å². The Morgan fingerprint density at radius 2 is 1.71 bits per heavy atom. The third-order valence-electron chi connectivity index (χ3n) is 5.54. The topological polar surface area (TPSA) is 43.4 Å². The Morgan fingerprint density at radius 1 is 1.10 bits per heavy atom. The molecule has 5 atom stereocenters. The van der Waals surface area contributed by atoms with Gasteiger partial charge in [-0.1, -0.05) is 37.5 Å². The molecule has 0 radical (unpaired) electrons. The summed E-state index contributed by atoms with van der Waals surface area (Å²) < 4.78 is 54.0. The van der Waals surface area contributed by atoms with E-state index in [4.69, 9.17) is 0 Å². The molecule has 5 unspecified atom stereocenters. The molecule has 0 aromatic rings.